The van der Waals surface area contributed by atoms with E-state index in [-0.39, 0.29) is 11.8 Å². The fourth-order valence-electron chi connectivity index (χ4n) is 1.80. The van der Waals surface area contributed by atoms with E-state index in [4.69, 9.17) is 0 Å². The molecule has 15 heavy (non-hydrogen) atoms. The molecule has 2 saturated carbocycles. The maximum atomic E-state index is 11.6. The van der Waals surface area contributed by atoms with Crippen LogP contribution in [0.1, 0.15) is 37.8 Å². The Kier molecular flexibility index (Phi) is 2.06. The van der Waals surface area contributed by atoms with E-state index in [2.05, 4.69) is 22.6 Å². The number of thiazole rings is 1. The van der Waals surface area contributed by atoms with Crippen molar-refractivity contribution < 1.29 is 4.79 Å². The van der Waals surface area contributed by atoms with Gasteiger partial charge in [0.2, 0.25) is 5.91 Å². The molecule has 1 aromatic heterocycles. The van der Waals surface area contributed by atoms with E-state index in [0.717, 1.165) is 11.6 Å². The zero-order valence-corrected chi connectivity index (χ0v) is 9.51. The first-order valence-corrected chi connectivity index (χ1v) is 6.38. The largest absolute Gasteiger partial charge is 0.302 e. The minimum absolute atomic E-state index is 0.152. The predicted molar refractivity (Wildman–Crippen MR) is 60.0 cm³/mol. The summed E-state index contributed by atoms with van der Waals surface area (Å²) < 4.78 is 0. The van der Waals surface area contributed by atoms with E-state index in [1.807, 2.05) is 0 Å². The van der Waals surface area contributed by atoms with Gasteiger partial charge in [-0.1, -0.05) is 6.92 Å². The molecule has 4 heteroatoms. The Balaban J connectivity index is 1.63. The fourth-order valence-corrected chi connectivity index (χ4v) is 2.59. The number of hydrogen-bond acceptors (Lipinski definition) is 3. The first-order valence-electron chi connectivity index (χ1n) is 5.50. The molecular weight excluding hydrogens is 208 g/mol. The monoisotopic (exact) mass is 222 g/mol. The van der Waals surface area contributed by atoms with E-state index in [1.54, 1.807) is 11.3 Å². The summed E-state index contributed by atoms with van der Waals surface area (Å²) in [6.45, 7) is 2.11. The average molecular weight is 222 g/mol. The van der Waals surface area contributed by atoms with Gasteiger partial charge < -0.3 is 5.32 Å². The van der Waals surface area contributed by atoms with Crippen molar-refractivity contribution in [2.24, 2.45) is 11.8 Å². The first kappa shape index (κ1) is 9.33. The normalized spacial score (nSPS) is 28.9. The Morgan fingerprint density at radius 2 is 2.33 bits per heavy atom. The van der Waals surface area contributed by atoms with E-state index in [0.29, 0.717) is 11.8 Å². The summed E-state index contributed by atoms with van der Waals surface area (Å²) in [6, 6.07) is 0. The van der Waals surface area contributed by atoms with Crippen LogP contribution in [-0.4, -0.2) is 10.9 Å². The Bertz CT molecular complexity index is 397. The van der Waals surface area contributed by atoms with Crippen molar-refractivity contribution in [2.45, 2.75) is 32.1 Å². The van der Waals surface area contributed by atoms with Gasteiger partial charge in [-0.3, -0.25) is 4.79 Å². The van der Waals surface area contributed by atoms with Gasteiger partial charge in [0.15, 0.2) is 5.13 Å². The molecule has 0 aromatic carbocycles. The Labute approximate surface area is 92.9 Å². The van der Waals surface area contributed by atoms with Gasteiger partial charge in [-0.05, 0) is 25.2 Å². The van der Waals surface area contributed by atoms with Crippen LogP contribution in [0.2, 0.25) is 0 Å². The zero-order valence-electron chi connectivity index (χ0n) is 8.69. The molecule has 80 valence electrons. The lowest BCUT2D eigenvalue weighted by atomic mass is 10.3. The Hall–Kier alpha value is -0.900. The third-order valence-corrected chi connectivity index (χ3v) is 3.97. The minimum atomic E-state index is 0.152. The van der Waals surface area contributed by atoms with Crippen LogP contribution in [0.25, 0.3) is 0 Å². The summed E-state index contributed by atoms with van der Waals surface area (Å²) in [5.74, 6) is 1.62. The number of hydrogen-bond donors (Lipinski definition) is 1. The van der Waals surface area contributed by atoms with Crippen molar-refractivity contribution in [3.05, 3.63) is 11.1 Å². The van der Waals surface area contributed by atoms with Gasteiger partial charge >= 0.3 is 0 Å². The van der Waals surface area contributed by atoms with Crippen molar-refractivity contribution >= 4 is 22.4 Å². The summed E-state index contributed by atoms with van der Waals surface area (Å²) in [7, 11) is 0. The molecule has 3 rings (SSSR count). The number of carbonyl (C=O) groups is 1. The van der Waals surface area contributed by atoms with Gasteiger partial charge in [0.25, 0.3) is 0 Å². The highest BCUT2D eigenvalue weighted by molar-refractivity contribution is 7.13. The second-order valence-corrected chi connectivity index (χ2v) is 5.52. The molecule has 2 aliphatic rings. The number of amides is 1. The maximum Gasteiger partial charge on any atom is 0.229 e. The first-order chi connectivity index (χ1) is 7.24. The third kappa shape index (κ3) is 1.91. The van der Waals surface area contributed by atoms with E-state index < -0.39 is 0 Å². The molecule has 1 heterocycles. The van der Waals surface area contributed by atoms with Gasteiger partial charge in [0.1, 0.15) is 0 Å². The van der Waals surface area contributed by atoms with Crippen LogP contribution in [-0.2, 0) is 4.79 Å². The van der Waals surface area contributed by atoms with E-state index in [9.17, 15) is 4.79 Å². The van der Waals surface area contributed by atoms with E-state index >= 15 is 0 Å². The van der Waals surface area contributed by atoms with Crippen molar-refractivity contribution in [3.8, 4) is 0 Å². The number of anilines is 1. The second-order valence-electron chi connectivity index (χ2n) is 4.66. The van der Waals surface area contributed by atoms with Crippen molar-refractivity contribution in [1.82, 2.24) is 4.98 Å². The van der Waals surface area contributed by atoms with Crippen molar-refractivity contribution in [1.29, 1.82) is 0 Å². The molecule has 3 nitrogen and oxygen atoms in total. The van der Waals surface area contributed by atoms with Crippen LogP contribution in [0.5, 0.6) is 0 Å². The average Bonchev–Trinajstić information content (AvgIpc) is 3.10. The highest BCUT2D eigenvalue weighted by Crippen LogP contribution is 2.42. The molecule has 2 unspecified atom stereocenters. The third-order valence-electron chi connectivity index (χ3n) is 3.19. The molecule has 1 amide bonds. The number of carbonyl (C=O) groups excluding carboxylic acids is 1. The van der Waals surface area contributed by atoms with Crippen LogP contribution in [0.15, 0.2) is 5.38 Å². The molecule has 2 fully saturated rings. The number of nitrogens with zero attached hydrogens (tertiary/aromatic N) is 1. The molecule has 1 N–H and O–H groups in total. The summed E-state index contributed by atoms with van der Waals surface area (Å²) in [4.78, 5) is 16.1. The molecule has 2 atom stereocenters. The second kappa shape index (κ2) is 3.30. The smallest absolute Gasteiger partial charge is 0.229 e. The maximum absolute atomic E-state index is 11.6. The van der Waals surface area contributed by atoms with Gasteiger partial charge in [-0.15, -0.1) is 11.3 Å². The molecular formula is C11H14N2OS. The van der Waals surface area contributed by atoms with Crippen LogP contribution in [0, 0.1) is 11.8 Å². The SMILES string of the molecule is CC1CC1C(=O)Nc1nc(C2CC2)cs1. The molecule has 0 spiro atoms. The predicted octanol–water partition coefficient (Wildman–Crippen LogP) is 2.62. The lowest BCUT2D eigenvalue weighted by Gasteiger charge is -1.98. The number of aromatic nitrogens is 1. The number of rotatable bonds is 3. The molecule has 2 aliphatic carbocycles. The van der Waals surface area contributed by atoms with Crippen LogP contribution >= 0.6 is 11.3 Å². The quantitative estimate of drug-likeness (QED) is 0.854. The van der Waals surface area contributed by atoms with Gasteiger partial charge in [-0.2, -0.15) is 0 Å². The van der Waals surface area contributed by atoms with E-state index in [1.165, 1.54) is 18.5 Å². The summed E-state index contributed by atoms with van der Waals surface area (Å²) in [5, 5.41) is 5.76. The summed E-state index contributed by atoms with van der Waals surface area (Å²) in [6.07, 6.45) is 3.56. The Morgan fingerprint density at radius 1 is 1.60 bits per heavy atom. The molecule has 0 aliphatic heterocycles. The summed E-state index contributed by atoms with van der Waals surface area (Å²) in [5.41, 5.74) is 1.17. The fraction of sp³-hybridized carbons (Fsp3) is 0.636. The van der Waals surface area contributed by atoms with Crippen molar-refractivity contribution in [3.63, 3.8) is 0 Å². The van der Waals surface area contributed by atoms with Crippen LogP contribution in [0.3, 0.4) is 0 Å². The lowest BCUT2D eigenvalue weighted by molar-refractivity contribution is -0.117. The Morgan fingerprint density at radius 3 is 2.93 bits per heavy atom. The zero-order chi connectivity index (χ0) is 10.4. The minimum Gasteiger partial charge on any atom is -0.302 e. The van der Waals surface area contributed by atoms with Crippen LogP contribution in [0.4, 0.5) is 5.13 Å². The van der Waals surface area contributed by atoms with Crippen LogP contribution < -0.4 is 5.32 Å². The molecule has 1 aromatic rings. The van der Waals surface area contributed by atoms with Crippen molar-refractivity contribution in [2.75, 3.05) is 5.32 Å². The van der Waals surface area contributed by atoms with Gasteiger partial charge in [-0.25, -0.2) is 4.98 Å². The van der Waals surface area contributed by atoms with Gasteiger partial charge in [0, 0.05) is 17.2 Å². The van der Waals surface area contributed by atoms with Gasteiger partial charge in [0.05, 0.1) is 5.69 Å². The lowest BCUT2D eigenvalue weighted by Crippen LogP contribution is -2.14. The number of nitrogens with one attached hydrogen (secondary N) is 1. The highest BCUT2D eigenvalue weighted by Gasteiger charge is 2.39. The topological polar surface area (TPSA) is 42.0 Å². The molecule has 0 radical (unpaired) electrons. The molecule has 0 saturated heterocycles. The standard InChI is InChI=1S/C11H14N2OS/c1-6-4-8(6)10(14)13-11-12-9(5-15-11)7-2-3-7/h5-8H,2-4H2,1H3,(H,12,13,14). The highest BCUT2D eigenvalue weighted by atomic mass is 32.1. The molecule has 0 bridgehead atoms. The summed E-state index contributed by atoms with van der Waals surface area (Å²) >= 11 is 1.55.